The van der Waals surface area contributed by atoms with E-state index in [1.54, 1.807) is 14.2 Å². The molecule has 0 amide bonds. The van der Waals surface area contributed by atoms with Crippen LogP contribution in [-0.4, -0.2) is 62.7 Å². The lowest BCUT2D eigenvalue weighted by Crippen LogP contribution is -2.62. The molecule has 1 aliphatic heterocycles. The van der Waals surface area contributed by atoms with E-state index in [1.807, 2.05) is 0 Å². The van der Waals surface area contributed by atoms with Gasteiger partial charge in [-0.2, -0.15) is 0 Å². The zero-order chi connectivity index (χ0) is 14.5. The van der Waals surface area contributed by atoms with Crippen molar-refractivity contribution < 1.29 is 14.2 Å². The van der Waals surface area contributed by atoms with Gasteiger partial charge in [-0.25, -0.2) is 0 Å². The molecular weight excluding hydrogens is 242 g/mol. The number of ether oxygens (including phenoxy) is 3. The maximum atomic E-state index is 5.96. The van der Waals surface area contributed by atoms with Crippen LogP contribution in [0, 0.1) is 0 Å². The van der Waals surface area contributed by atoms with Crippen LogP contribution in [0.2, 0.25) is 0 Å². The number of rotatable bonds is 7. The first kappa shape index (κ1) is 16.9. The van der Waals surface area contributed by atoms with Gasteiger partial charge in [0.1, 0.15) is 0 Å². The van der Waals surface area contributed by atoms with Gasteiger partial charge >= 0.3 is 0 Å². The van der Waals surface area contributed by atoms with Crippen LogP contribution in [0.5, 0.6) is 0 Å². The SMILES string of the molecule is COCCOC1CC(C)(C)N(CCOC)C(C)(C)C1. The largest absolute Gasteiger partial charge is 0.383 e. The van der Waals surface area contributed by atoms with Crippen molar-refractivity contribution in [1.29, 1.82) is 0 Å². The summed E-state index contributed by atoms with van der Waals surface area (Å²) in [7, 11) is 3.48. The van der Waals surface area contributed by atoms with Crippen molar-refractivity contribution in [3.8, 4) is 0 Å². The zero-order valence-electron chi connectivity index (χ0n) is 13.5. The van der Waals surface area contributed by atoms with E-state index in [1.165, 1.54) is 0 Å². The molecule has 0 saturated carbocycles. The highest BCUT2D eigenvalue weighted by Crippen LogP contribution is 2.39. The van der Waals surface area contributed by atoms with Crippen molar-refractivity contribution in [3.63, 3.8) is 0 Å². The molecule has 0 aromatic rings. The Balaban J connectivity index is 2.64. The van der Waals surface area contributed by atoms with E-state index in [-0.39, 0.29) is 11.1 Å². The Labute approximate surface area is 118 Å². The fourth-order valence-electron chi connectivity index (χ4n) is 3.43. The van der Waals surface area contributed by atoms with Gasteiger partial charge in [-0.05, 0) is 40.5 Å². The summed E-state index contributed by atoms with van der Waals surface area (Å²) < 4.78 is 16.3. The van der Waals surface area contributed by atoms with Gasteiger partial charge in [0.25, 0.3) is 0 Å². The van der Waals surface area contributed by atoms with E-state index in [2.05, 4.69) is 32.6 Å². The Morgan fingerprint density at radius 1 is 0.895 bits per heavy atom. The monoisotopic (exact) mass is 273 g/mol. The van der Waals surface area contributed by atoms with Gasteiger partial charge < -0.3 is 14.2 Å². The first-order chi connectivity index (χ1) is 8.83. The molecule has 4 nitrogen and oxygen atoms in total. The van der Waals surface area contributed by atoms with Gasteiger partial charge in [0, 0.05) is 31.8 Å². The van der Waals surface area contributed by atoms with Crippen LogP contribution >= 0.6 is 0 Å². The highest BCUT2D eigenvalue weighted by atomic mass is 16.5. The van der Waals surface area contributed by atoms with E-state index < -0.39 is 0 Å². The van der Waals surface area contributed by atoms with Gasteiger partial charge in [-0.1, -0.05) is 0 Å². The second-order valence-electron chi connectivity index (χ2n) is 6.66. The molecule has 4 heteroatoms. The third-order valence-electron chi connectivity index (χ3n) is 4.08. The topological polar surface area (TPSA) is 30.9 Å². The Kier molecular flexibility index (Phi) is 6.24. The Bertz CT molecular complexity index is 248. The Hall–Kier alpha value is -0.160. The van der Waals surface area contributed by atoms with Crippen molar-refractivity contribution in [1.82, 2.24) is 4.90 Å². The minimum Gasteiger partial charge on any atom is -0.383 e. The summed E-state index contributed by atoms with van der Waals surface area (Å²) in [6.07, 6.45) is 2.44. The Morgan fingerprint density at radius 3 is 1.89 bits per heavy atom. The fraction of sp³-hybridized carbons (Fsp3) is 1.00. The van der Waals surface area contributed by atoms with E-state index in [0.29, 0.717) is 19.3 Å². The van der Waals surface area contributed by atoms with Gasteiger partial charge in [0.05, 0.1) is 25.9 Å². The predicted molar refractivity (Wildman–Crippen MR) is 77.6 cm³/mol. The quantitative estimate of drug-likeness (QED) is 0.666. The normalized spacial score (nSPS) is 23.7. The lowest BCUT2D eigenvalue weighted by atomic mass is 9.78. The second-order valence-corrected chi connectivity index (χ2v) is 6.66. The van der Waals surface area contributed by atoms with E-state index in [4.69, 9.17) is 14.2 Å². The number of nitrogens with zero attached hydrogens (tertiary/aromatic N) is 1. The summed E-state index contributed by atoms with van der Waals surface area (Å²) >= 11 is 0. The second kappa shape index (κ2) is 7.02. The number of piperidine rings is 1. The molecule has 0 spiro atoms. The van der Waals surface area contributed by atoms with Crippen LogP contribution in [0.1, 0.15) is 40.5 Å². The summed E-state index contributed by atoms with van der Waals surface area (Å²) in [6, 6.07) is 0. The molecule has 1 saturated heterocycles. The lowest BCUT2D eigenvalue weighted by molar-refractivity contribution is -0.113. The predicted octanol–water partition coefficient (Wildman–Crippen LogP) is 2.32. The molecule has 0 atom stereocenters. The summed E-state index contributed by atoms with van der Waals surface area (Å²) in [6.45, 7) is 12.3. The smallest absolute Gasteiger partial charge is 0.0704 e. The third-order valence-corrected chi connectivity index (χ3v) is 4.08. The van der Waals surface area contributed by atoms with Crippen LogP contribution in [0.4, 0.5) is 0 Å². The minimum absolute atomic E-state index is 0.137. The molecule has 0 bridgehead atoms. The summed E-state index contributed by atoms with van der Waals surface area (Å²) in [5, 5.41) is 0. The zero-order valence-corrected chi connectivity index (χ0v) is 13.5. The van der Waals surface area contributed by atoms with Crippen molar-refractivity contribution >= 4 is 0 Å². The molecule has 1 heterocycles. The fourth-order valence-corrected chi connectivity index (χ4v) is 3.43. The average Bonchev–Trinajstić information content (AvgIpc) is 2.26. The number of hydrogen-bond donors (Lipinski definition) is 0. The molecule has 0 aromatic heterocycles. The van der Waals surface area contributed by atoms with Crippen molar-refractivity contribution in [2.45, 2.75) is 57.7 Å². The van der Waals surface area contributed by atoms with Crippen molar-refractivity contribution in [2.24, 2.45) is 0 Å². The van der Waals surface area contributed by atoms with E-state index >= 15 is 0 Å². The number of methoxy groups -OCH3 is 2. The first-order valence-electron chi connectivity index (χ1n) is 7.21. The molecule has 1 fully saturated rings. The maximum absolute atomic E-state index is 5.96. The highest BCUT2D eigenvalue weighted by molar-refractivity contribution is 5.00. The lowest BCUT2D eigenvalue weighted by Gasteiger charge is -2.55. The van der Waals surface area contributed by atoms with Gasteiger partial charge in [-0.15, -0.1) is 0 Å². The molecule has 0 radical (unpaired) electrons. The van der Waals surface area contributed by atoms with Crippen LogP contribution in [0.3, 0.4) is 0 Å². The molecular formula is C15H31NO3. The van der Waals surface area contributed by atoms with Crippen molar-refractivity contribution in [3.05, 3.63) is 0 Å². The molecule has 114 valence electrons. The van der Waals surface area contributed by atoms with E-state index in [9.17, 15) is 0 Å². The number of hydrogen-bond acceptors (Lipinski definition) is 4. The average molecular weight is 273 g/mol. The molecule has 1 rings (SSSR count). The molecule has 0 N–H and O–H groups in total. The van der Waals surface area contributed by atoms with E-state index in [0.717, 1.165) is 26.0 Å². The minimum atomic E-state index is 0.137. The standard InChI is InChI=1S/C15H31NO3/c1-14(2)11-13(19-10-9-18-6)12-15(3,4)16(14)7-8-17-5/h13H,7-12H2,1-6H3. The summed E-state index contributed by atoms with van der Waals surface area (Å²) in [5.41, 5.74) is 0.274. The van der Waals surface area contributed by atoms with Gasteiger partial charge in [0.2, 0.25) is 0 Å². The van der Waals surface area contributed by atoms with Crippen LogP contribution < -0.4 is 0 Å². The molecule has 19 heavy (non-hydrogen) atoms. The van der Waals surface area contributed by atoms with Gasteiger partial charge in [0.15, 0.2) is 0 Å². The van der Waals surface area contributed by atoms with Crippen LogP contribution in [-0.2, 0) is 14.2 Å². The molecule has 1 aliphatic rings. The highest BCUT2D eigenvalue weighted by Gasteiger charge is 2.45. The third kappa shape index (κ3) is 4.71. The van der Waals surface area contributed by atoms with Crippen LogP contribution in [0.25, 0.3) is 0 Å². The maximum Gasteiger partial charge on any atom is 0.0704 e. The summed E-state index contributed by atoms with van der Waals surface area (Å²) in [5.74, 6) is 0. The number of likely N-dealkylation sites (tertiary alicyclic amines) is 1. The van der Waals surface area contributed by atoms with Gasteiger partial charge in [-0.3, -0.25) is 4.90 Å². The van der Waals surface area contributed by atoms with Crippen molar-refractivity contribution in [2.75, 3.05) is 40.6 Å². The molecule has 0 unspecified atom stereocenters. The molecule has 0 aliphatic carbocycles. The Morgan fingerprint density at radius 2 is 1.42 bits per heavy atom. The summed E-state index contributed by atoms with van der Waals surface area (Å²) in [4.78, 5) is 2.56. The molecule has 0 aromatic carbocycles. The first-order valence-corrected chi connectivity index (χ1v) is 7.21. The van der Waals surface area contributed by atoms with Crippen LogP contribution in [0.15, 0.2) is 0 Å².